The molecule has 0 fully saturated rings. The van der Waals surface area contributed by atoms with Gasteiger partial charge < -0.3 is 4.74 Å². The van der Waals surface area contributed by atoms with Crippen molar-refractivity contribution in [2.24, 2.45) is 0 Å². The first-order valence-electron chi connectivity index (χ1n) is 7.53. The van der Waals surface area contributed by atoms with Gasteiger partial charge in [-0.3, -0.25) is 5.32 Å². The van der Waals surface area contributed by atoms with E-state index < -0.39 is 16.1 Å². The van der Waals surface area contributed by atoms with Crippen molar-refractivity contribution in [2.45, 2.75) is 24.8 Å². The van der Waals surface area contributed by atoms with Crippen LogP contribution in [0.4, 0.5) is 10.5 Å². The molecule has 0 radical (unpaired) electrons. The highest BCUT2D eigenvalue weighted by Crippen LogP contribution is 2.18. The fraction of sp³-hybridized carbons (Fsp3) is 0.235. The normalized spacial score (nSPS) is 12.4. The van der Waals surface area contributed by atoms with Gasteiger partial charge in [0.1, 0.15) is 0 Å². The second kappa shape index (κ2) is 7.94. The minimum absolute atomic E-state index is 0.125. The third kappa shape index (κ3) is 4.81. The Kier molecular flexibility index (Phi) is 5.94. The van der Waals surface area contributed by atoms with Crippen LogP contribution in [0.15, 0.2) is 59.5 Å². The average Bonchev–Trinajstić information content (AvgIpc) is 2.56. The smallest absolute Gasteiger partial charge is 0.411 e. The van der Waals surface area contributed by atoms with Crippen LogP contribution in [0.5, 0.6) is 0 Å². The van der Waals surface area contributed by atoms with E-state index in [2.05, 4.69) is 10.0 Å². The molecule has 0 spiro atoms. The standard InChI is InChI=1S/C17H20N2O4S/c1-3-23-17(20)18-15-9-11-16(12-10-15)24(21,22)19-13(2)14-7-5-4-6-8-14/h4-13,19H,3H2,1-2H3,(H,18,20). The summed E-state index contributed by atoms with van der Waals surface area (Å²) < 4.78 is 32.3. The van der Waals surface area contributed by atoms with E-state index in [0.29, 0.717) is 5.69 Å². The summed E-state index contributed by atoms with van der Waals surface area (Å²) in [7, 11) is -3.66. The highest BCUT2D eigenvalue weighted by Gasteiger charge is 2.18. The summed E-state index contributed by atoms with van der Waals surface area (Å²) in [5.74, 6) is 0. The Hall–Kier alpha value is -2.38. The van der Waals surface area contributed by atoms with Crippen molar-refractivity contribution in [2.75, 3.05) is 11.9 Å². The van der Waals surface area contributed by atoms with Crippen LogP contribution in [0.3, 0.4) is 0 Å². The van der Waals surface area contributed by atoms with E-state index in [1.807, 2.05) is 30.3 Å². The molecule has 0 saturated carbocycles. The molecule has 2 aromatic rings. The van der Waals surface area contributed by atoms with Crippen molar-refractivity contribution in [1.29, 1.82) is 0 Å². The second-order valence-corrected chi connectivity index (χ2v) is 6.84. The number of anilines is 1. The summed E-state index contributed by atoms with van der Waals surface area (Å²) in [6, 6.07) is 14.8. The molecule has 0 saturated heterocycles. The second-order valence-electron chi connectivity index (χ2n) is 5.12. The molecule has 2 aromatic carbocycles. The van der Waals surface area contributed by atoms with Crippen molar-refractivity contribution in [3.8, 4) is 0 Å². The SMILES string of the molecule is CCOC(=O)Nc1ccc(S(=O)(=O)NC(C)c2ccccc2)cc1. The molecule has 2 rings (SSSR count). The zero-order valence-electron chi connectivity index (χ0n) is 13.5. The van der Waals surface area contributed by atoms with Crippen LogP contribution in [0.25, 0.3) is 0 Å². The van der Waals surface area contributed by atoms with Crippen molar-refractivity contribution in [3.05, 3.63) is 60.2 Å². The van der Waals surface area contributed by atoms with E-state index in [9.17, 15) is 13.2 Å². The zero-order chi connectivity index (χ0) is 17.6. The van der Waals surface area contributed by atoms with E-state index in [0.717, 1.165) is 5.56 Å². The van der Waals surface area contributed by atoms with Crippen molar-refractivity contribution in [3.63, 3.8) is 0 Å². The van der Waals surface area contributed by atoms with E-state index >= 15 is 0 Å². The Labute approximate surface area is 141 Å². The maximum absolute atomic E-state index is 12.4. The molecule has 0 aliphatic heterocycles. The van der Waals surface area contributed by atoms with Gasteiger partial charge in [0, 0.05) is 11.7 Å². The van der Waals surface area contributed by atoms with Gasteiger partial charge in [-0.2, -0.15) is 0 Å². The number of rotatable bonds is 6. The maximum atomic E-state index is 12.4. The summed E-state index contributed by atoms with van der Waals surface area (Å²) in [4.78, 5) is 11.5. The zero-order valence-corrected chi connectivity index (χ0v) is 14.3. The molecule has 0 bridgehead atoms. The minimum atomic E-state index is -3.66. The van der Waals surface area contributed by atoms with E-state index in [-0.39, 0.29) is 17.5 Å². The molecule has 0 aliphatic carbocycles. The first kappa shape index (κ1) is 18.0. The molecular weight excluding hydrogens is 328 g/mol. The van der Waals surface area contributed by atoms with Gasteiger partial charge in [0.2, 0.25) is 10.0 Å². The van der Waals surface area contributed by atoms with E-state index in [4.69, 9.17) is 4.74 Å². The molecule has 128 valence electrons. The lowest BCUT2D eigenvalue weighted by molar-refractivity contribution is 0.168. The Balaban J connectivity index is 2.08. The van der Waals surface area contributed by atoms with Gasteiger partial charge in [0.15, 0.2) is 0 Å². The summed E-state index contributed by atoms with van der Waals surface area (Å²) in [6.07, 6.45) is -0.580. The lowest BCUT2D eigenvalue weighted by Gasteiger charge is -2.15. The number of hydrogen-bond donors (Lipinski definition) is 2. The molecular formula is C17H20N2O4S. The van der Waals surface area contributed by atoms with Gasteiger partial charge in [-0.15, -0.1) is 0 Å². The molecule has 1 amide bonds. The number of carbonyl (C=O) groups excluding carboxylic acids is 1. The van der Waals surface area contributed by atoms with Crippen molar-refractivity contribution in [1.82, 2.24) is 4.72 Å². The summed E-state index contributed by atoms with van der Waals surface area (Å²) in [5.41, 5.74) is 1.34. The maximum Gasteiger partial charge on any atom is 0.411 e. The van der Waals surface area contributed by atoms with Crippen molar-refractivity contribution >= 4 is 21.8 Å². The lowest BCUT2D eigenvalue weighted by atomic mass is 10.1. The number of ether oxygens (including phenoxy) is 1. The Morgan fingerprint density at radius 1 is 1.08 bits per heavy atom. The lowest BCUT2D eigenvalue weighted by Crippen LogP contribution is -2.26. The number of hydrogen-bond acceptors (Lipinski definition) is 4. The minimum Gasteiger partial charge on any atom is -0.450 e. The number of sulfonamides is 1. The van der Waals surface area contributed by atoms with Crippen molar-refractivity contribution < 1.29 is 17.9 Å². The molecule has 1 atom stereocenters. The fourth-order valence-electron chi connectivity index (χ4n) is 2.11. The molecule has 1 unspecified atom stereocenters. The van der Waals surface area contributed by atoms with Gasteiger partial charge in [0.05, 0.1) is 11.5 Å². The number of carbonyl (C=O) groups is 1. The summed E-state index contributed by atoms with van der Waals surface area (Å²) in [6.45, 7) is 3.75. The molecule has 0 aromatic heterocycles. The topological polar surface area (TPSA) is 84.5 Å². The number of benzene rings is 2. The van der Waals surface area contributed by atoms with Crippen LogP contribution in [0.1, 0.15) is 25.5 Å². The quantitative estimate of drug-likeness (QED) is 0.839. The predicted molar refractivity (Wildman–Crippen MR) is 92.3 cm³/mol. The highest BCUT2D eigenvalue weighted by atomic mass is 32.2. The largest absolute Gasteiger partial charge is 0.450 e. The first-order valence-corrected chi connectivity index (χ1v) is 9.02. The van der Waals surface area contributed by atoms with Crippen LogP contribution < -0.4 is 10.0 Å². The highest BCUT2D eigenvalue weighted by molar-refractivity contribution is 7.89. The van der Waals surface area contributed by atoms with Gasteiger partial charge in [-0.1, -0.05) is 30.3 Å². The number of amides is 1. The van der Waals surface area contributed by atoms with Gasteiger partial charge in [-0.05, 0) is 43.7 Å². The van der Waals surface area contributed by atoms with Gasteiger partial charge >= 0.3 is 6.09 Å². The molecule has 0 heterocycles. The molecule has 7 heteroatoms. The monoisotopic (exact) mass is 348 g/mol. The Bertz CT molecular complexity index is 774. The molecule has 24 heavy (non-hydrogen) atoms. The Morgan fingerprint density at radius 2 is 1.71 bits per heavy atom. The van der Waals surface area contributed by atoms with Crippen LogP contribution in [-0.2, 0) is 14.8 Å². The Morgan fingerprint density at radius 3 is 2.29 bits per heavy atom. The molecule has 2 N–H and O–H groups in total. The molecule has 0 aliphatic rings. The van der Waals surface area contributed by atoms with Gasteiger partial charge in [-0.25, -0.2) is 17.9 Å². The number of nitrogens with one attached hydrogen (secondary N) is 2. The van der Waals surface area contributed by atoms with E-state index in [1.54, 1.807) is 13.8 Å². The summed E-state index contributed by atoms with van der Waals surface area (Å²) in [5, 5.41) is 2.51. The van der Waals surface area contributed by atoms with E-state index in [1.165, 1.54) is 24.3 Å². The van der Waals surface area contributed by atoms with Crippen LogP contribution >= 0.6 is 0 Å². The van der Waals surface area contributed by atoms with Gasteiger partial charge in [0.25, 0.3) is 0 Å². The third-order valence-electron chi connectivity index (χ3n) is 3.32. The summed E-state index contributed by atoms with van der Waals surface area (Å²) >= 11 is 0. The third-order valence-corrected chi connectivity index (χ3v) is 4.87. The molecule has 6 nitrogen and oxygen atoms in total. The average molecular weight is 348 g/mol. The fourth-order valence-corrected chi connectivity index (χ4v) is 3.34. The first-order chi connectivity index (χ1) is 11.4. The predicted octanol–water partition coefficient (Wildman–Crippen LogP) is 3.29. The van der Waals surface area contributed by atoms with Crippen LogP contribution in [0.2, 0.25) is 0 Å². The van der Waals surface area contributed by atoms with Crippen LogP contribution in [0, 0.1) is 0 Å². The van der Waals surface area contributed by atoms with Crippen LogP contribution in [-0.4, -0.2) is 21.1 Å².